The van der Waals surface area contributed by atoms with Crippen LogP contribution in [0.3, 0.4) is 0 Å². The molecule has 6 heteroatoms. The zero-order chi connectivity index (χ0) is 15.9. The van der Waals surface area contributed by atoms with E-state index in [4.69, 9.17) is 4.74 Å². The van der Waals surface area contributed by atoms with Gasteiger partial charge in [0, 0.05) is 18.3 Å². The van der Waals surface area contributed by atoms with Crippen LogP contribution in [0.15, 0.2) is 42.6 Å². The Morgan fingerprint density at radius 3 is 2.50 bits per heavy atom. The van der Waals surface area contributed by atoms with Crippen LogP contribution in [0, 0.1) is 0 Å². The van der Waals surface area contributed by atoms with Crippen LogP contribution in [0.1, 0.15) is 34.8 Å². The number of esters is 1. The lowest BCUT2D eigenvalue weighted by Crippen LogP contribution is -2.06. The zero-order valence-corrected chi connectivity index (χ0v) is 12.1. The summed E-state index contributed by atoms with van der Waals surface area (Å²) < 4.78 is 29.8. The van der Waals surface area contributed by atoms with Crippen molar-refractivity contribution in [3.05, 3.63) is 59.3 Å². The van der Waals surface area contributed by atoms with Gasteiger partial charge in [-0.2, -0.15) is 0 Å². The van der Waals surface area contributed by atoms with Gasteiger partial charge >= 0.3 is 5.97 Å². The molecule has 4 nitrogen and oxygen atoms in total. The number of nitrogens with one attached hydrogen (secondary N) is 1. The number of carbonyl (C=O) groups excluding carboxylic acids is 1. The highest BCUT2D eigenvalue weighted by atomic mass is 19.3. The number of hydrogen-bond donors (Lipinski definition) is 1. The number of alkyl halides is 2. The van der Waals surface area contributed by atoms with E-state index in [9.17, 15) is 13.6 Å². The summed E-state index contributed by atoms with van der Waals surface area (Å²) in [5.41, 5.74) is 1.25. The molecule has 1 N–H and O–H groups in total. The monoisotopic (exact) mass is 306 g/mol. The molecule has 0 saturated heterocycles. The van der Waals surface area contributed by atoms with Crippen LogP contribution in [0.25, 0.3) is 0 Å². The topological polar surface area (TPSA) is 51.2 Å². The second kappa shape index (κ2) is 7.49. The Hall–Kier alpha value is -2.50. The van der Waals surface area contributed by atoms with Crippen molar-refractivity contribution in [1.29, 1.82) is 0 Å². The van der Waals surface area contributed by atoms with Crippen LogP contribution >= 0.6 is 0 Å². The van der Waals surface area contributed by atoms with Gasteiger partial charge in [0.1, 0.15) is 5.82 Å². The third kappa shape index (κ3) is 4.25. The molecule has 22 heavy (non-hydrogen) atoms. The van der Waals surface area contributed by atoms with E-state index in [-0.39, 0.29) is 5.56 Å². The minimum atomic E-state index is -2.46. The smallest absolute Gasteiger partial charge is 0.339 e. The summed E-state index contributed by atoms with van der Waals surface area (Å²) in [6.07, 6.45) is -1.03. The average Bonchev–Trinajstić information content (AvgIpc) is 2.54. The van der Waals surface area contributed by atoms with E-state index in [1.165, 1.54) is 18.3 Å². The number of halogens is 2. The minimum Gasteiger partial charge on any atom is -0.462 e. The predicted octanol–water partition coefficient (Wildman–Crippen LogP) is 3.81. The Labute approximate surface area is 127 Å². The molecule has 2 rings (SSSR count). The summed E-state index contributed by atoms with van der Waals surface area (Å²) in [6, 6.07) is 9.37. The van der Waals surface area contributed by atoms with E-state index in [0.717, 1.165) is 5.56 Å². The van der Waals surface area contributed by atoms with E-state index in [1.807, 2.05) is 0 Å². The molecule has 0 aliphatic carbocycles. The largest absolute Gasteiger partial charge is 0.462 e. The van der Waals surface area contributed by atoms with Gasteiger partial charge in [-0.25, -0.2) is 18.6 Å². The quantitative estimate of drug-likeness (QED) is 0.825. The molecular weight excluding hydrogens is 290 g/mol. The molecular formula is C16H16F2N2O2. The molecule has 0 saturated carbocycles. The number of ether oxygens (including phenoxy) is 1. The van der Waals surface area contributed by atoms with Gasteiger partial charge in [0.05, 0.1) is 12.2 Å². The number of carbonyl (C=O) groups is 1. The molecule has 1 aromatic heterocycles. The highest BCUT2D eigenvalue weighted by molar-refractivity contribution is 5.89. The normalized spacial score (nSPS) is 10.5. The number of anilines is 1. The Morgan fingerprint density at radius 1 is 1.23 bits per heavy atom. The molecule has 1 aromatic carbocycles. The molecule has 1 heterocycles. The minimum absolute atomic E-state index is 0.000615. The first kappa shape index (κ1) is 15.9. The number of rotatable bonds is 6. The van der Waals surface area contributed by atoms with Crippen molar-refractivity contribution in [3.8, 4) is 0 Å². The molecule has 0 radical (unpaired) electrons. The van der Waals surface area contributed by atoms with E-state index < -0.39 is 12.4 Å². The van der Waals surface area contributed by atoms with Gasteiger partial charge in [0.2, 0.25) is 0 Å². The van der Waals surface area contributed by atoms with Gasteiger partial charge < -0.3 is 10.1 Å². The molecule has 2 aromatic rings. The first-order valence-corrected chi connectivity index (χ1v) is 6.84. The summed E-state index contributed by atoms with van der Waals surface area (Å²) in [4.78, 5) is 15.6. The van der Waals surface area contributed by atoms with Crippen molar-refractivity contribution >= 4 is 11.8 Å². The van der Waals surface area contributed by atoms with E-state index in [2.05, 4.69) is 10.3 Å². The lowest BCUT2D eigenvalue weighted by atomic mass is 10.1. The van der Waals surface area contributed by atoms with E-state index in [0.29, 0.717) is 24.5 Å². The maximum absolute atomic E-state index is 12.4. The SMILES string of the molecule is CCOC(=O)c1ccc(NCc2ccc(C(F)F)cc2)nc1. The van der Waals surface area contributed by atoms with Crippen molar-refractivity contribution in [2.24, 2.45) is 0 Å². The number of hydrogen-bond acceptors (Lipinski definition) is 4. The Balaban J connectivity index is 1.92. The second-order valence-electron chi connectivity index (χ2n) is 4.55. The van der Waals surface area contributed by atoms with Gasteiger partial charge in [-0.1, -0.05) is 24.3 Å². The van der Waals surface area contributed by atoms with Gasteiger partial charge in [-0.15, -0.1) is 0 Å². The molecule has 0 aliphatic heterocycles. The van der Waals surface area contributed by atoms with E-state index in [1.54, 1.807) is 31.2 Å². The Kier molecular flexibility index (Phi) is 5.41. The average molecular weight is 306 g/mol. The maximum Gasteiger partial charge on any atom is 0.339 e. The standard InChI is InChI=1S/C16H16F2N2O2/c1-2-22-16(21)13-7-8-14(20-10-13)19-9-11-3-5-12(6-4-11)15(17)18/h3-8,10,15H,2,9H2,1H3,(H,19,20). The Morgan fingerprint density at radius 2 is 1.95 bits per heavy atom. The lowest BCUT2D eigenvalue weighted by molar-refractivity contribution is 0.0526. The van der Waals surface area contributed by atoms with Gasteiger partial charge in [-0.3, -0.25) is 0 Å². The molecule has 0 atom stereocenters. The van der Waals surface area contributed by atoms with Crippen molar-refractivity contribution in [3.63, 3.8) is 0 Å². The zero-order valence-electron chi connectivity index (χ0n) is 12.1. The molecule has 0 unspecified atom stereocenters. The molecule has 116 valence electrons. The van der Waals surface area contributed by atoms with Crippen LogP contribution in [0.5, 0.6) is 0 Å². The second-order valence-corrected chi connectivity index (χ2v) is 4.55. The molecule has 0 amide bonds. The molecule has 0 spiro atoms. The van der Waals surface area contributed by atoms with E-state index >= 15 is 0 Å². The first-order valence-electron chi connectivity index (χ1n) is 6.84. The summed E-state index contributed by atoms with van der Waals surface area (Å²) in [7, 11) is 0. The van der Waals surface area contributed by atoms with Crippen molar-refractivity contribution in [2.45, 2.75) is 19.9 Å². The number of aromatic nitrogens is 1. The maximum atomic E-state index is 12.4. The molecule has 0 aliphatic rings. The van der Waals surface area contributed by atoms with Crippen LogP contribution in [0.4, 0.5) is 14.6 Å². The summed E-state index contributed by atoms with van der Waals surface area (Å²) >= 11 is 0. The first-order chi connectivity index (χ1) is 10.6. The molecule has 0 fully saturated rings. The van der Waals surface area contributed by atoms with Gasteiger partial charge in [0.15, 0.2) is 0 Å². The fourth-order valence-corrected chi connectivity index (χ4v) is 1.81. The number of pyridine rings is 1. The highest BCUT2D eigenvalue weighted by Crippen LogP contribution is 2.19. The van der Waals surface area contributed by atoms with Crippen molar-refractivity contribution in [2.75, 3.05) is 11.9 Å². The van der Waals surface area contributed by atoms with Crippen LogP contribution in [-0.2, 0) is 11.3 Å². The summed E-state index contributed by atoms with van der Waals surface area (Å²) in [5.74, 6) is 0.176. The summed E-state index contributed by atoms with van der Waals surface area (Å²) in [6.45, 7) is 2.50. The third-order valence-electron chi connectivity index (χ3n) is 2.98. The predicted molar refractivity (Wildman–Crippen MR) is 78.9 cm³/mol. The van der Waals surface area contributed by atoms with Crippen LogP contribution < -0.4 is 5.32 Å². The highest BCUT2D eigenvalue weighted by Gasteiger charge is 2.07. The number of nitrogens with zero attached hydrogens (tertiary/aromatic N) is 1. The fraction of sp³-hybridized carbons (Fsp3) is 0.250. The van der Waals surface area contributed by atoms with Gasteiger partial charge in [-0.05, 0) is 24.6 Å². The fourth-order valence-electron chi connectivity index (χ4n) is 1.81. The lowest BCUT2D eigenvalue weighted by Gasteiger charge is -2.07. The summed E-state index contributed by atoms with van der Waals surface area (Å²) in [5, 5.41) is 3.06. The van der Waals surface area contributed by atoms with Crippen molar-refractivity contribution < 1.29 is 18.3 Å². The van der Waals surface area contributed by atoms with Crippen LogP contribution in [0.2, 0.25) is 0 Å². The molecule has 0 bridgehead atoms. The Bertz CT molecular complexity index is 613. The van der Waals surface area contributed by atoms with Crippen LogP contribution in [-0.4, -0.2) is 17.6 Å². The van der Waals surface area contributed by atoms with Gasteiger partial charge in [0.25, 0.3) is 6.43 Å². The van der Waals surface area contributed by atoms with Crippen molar-refractivity contribution in [1.82, 2.24) is 4.98 Å². The number of benzene rings is 1. The third-order valence-corrected chi connectivity index (χ3v) is 2.98.